The lowest BCUT2D eigenvalue weighted by atomic mass is 10.0. The predicted molar refractivity (Wildman–Crippen MR) is 187 cm³/mol. The highest BCUT2D eigenvalue weighted by atomic mass is 19.4. The normalized spacial score (nSPS) is 8.92. The van der Waals surface area contributed by atoms with Gasteiger partial charge in [0.15, 0.2) is 0 Å². The lowest BCUT2D eigenvalue weighted by molar-refractivity contribution is -0.110. The van der Waals surface area contributed by atoms with Crippen LogP contribution in [0.1, 0.15) is 211 Å². The van der Waals surface area contributed by atoms with E-state index in [2.05, 4.69) is 132 Å². The van der Waals surface area contributed by atoms with E-state index in [1.807, 2.05) is 13.8 Å². The van der Waals surface area contributed by atoms with Crippen LogP contribution >= 0.6 is 0 Å². The zero-order chi connectivity index (χ0) is 33.4. The minimum absolute atomic E-state index is 0. The Hall–Kier alpha value is -0.210. The van der Waals surface area contributed by atoms with E-state index in [0.29, 0.717) is 5.41 Å². The topological polar surface area (TPSA) is 0 Å². The van der Waals surface area contributed by atoms with Crippen LogP contribution in [0.25, 0.3) is 0 Å². The number of halogens is 3. The zero-order valence-electron chi connectivity index (χ0n) is 31.5. The molecule has 39 heavy (non-hydrogen) atoms. The van der Waals surface area contributed by atoms with E-state index in [-0.39, 0.29) is 14.4 Å². The molecule has 0 saturated carbocycles. The Labute approximate surface area is 253 Å². The second-order valence-corrected chi connectivity index (χ2v) is 12.2. The minimum Gasteiger partial charge on any atom is -0.172 e. The summed E-state index contributed by atoms with van der Waals surface area (Å²) in [5, 5.41) is 0. The largest absolute Gasteiger partial charge is 0.386 e. The second-order valence-electron chi connectivity index (χ2n) is 12.2. The van der Waals surface area contributed by atoms with E-state index in [9.17, 15) is 13.2 Å². The Balaban J connectivity index is -0.0000000305. The Morgan fingerprint density at radius 3 is 0.590 bits per heavy atom. The molecule has 0 fully saturated rings. The first-order chi connectivity index (χ1) is 17.0. The molecule has 0 aliphatic heterocycles. The summed E-state index contributed by atoms with van der Waals surface area (Å²) in [4.78, 5) is 0. The van der Waals surface area contributed by atoms with E-state index < -0.39 is 6.18 Å². The molecule has 0 spiro atoms. The third-order valence-corrected chi connectivity index (χ3v) is 2.84. The lowest BCUT2D eigenvalue weighted by Gasteiger charge is -2.05. The molecule has 0 atom stereocenters. The summed E-state index contributed by atoms with van der Waals surface area (Å²) in [6.07, 6.45) is 6.58. The molecule has 0 nitrogen and oxygen atoms in total. The Morgan fingerprint density at radius 1 is 0.487 bits per heavy atom. The van der Waals surface area contributed by atoms with Crippen molar-refractivity contribution in [3.63, 3.8) is 0 Å². The van der Waals surface area contributed by atoms with Gasteiger partial charge in [-0.25, -0.2) is 0 Å². The average Bonchev–Trinajstić information content (AvgIpc) is 2.74. The van der Waals surface area contributed by atoms with Gasteiger partial charge in [-0.3, -0.25) is 0 Å². The fraction of sp³-hybridized carbons (Fsp3) is 1.00. The van der Waals surface area contributed by atoms with Gasteiger partial charge in [-0.1, -0.05) is 204 Å². The molecule has 254 valence electrons. The van der Waals surface area contributed by atoms with Crippen LogP contribution in [0.2, 0.25) is 0 Å². The summed E-state index contributed by atoms with van der Waals surface area (Å²) in [6.45, 7) is 45.8. The van der Waals surface area contributed by atoms with Crippen molar-refractivity contribution in [2.24, 2.45) is 23.2 Å². The van der Waals surface area contributed by atoms with Crippen LogP contribution in [-0.2, 0) is 0 Å². The summed E-state index contributed by atoms with van der Waals surface area (Å²) in [7, 11) is 0. The number of rotatable bonds is 5. The first kappa shape index (κ1) is 66.8. The highest BCUT2D eigenvalue weighted by Crippen LogP contribution is 2.10. The third kappa shape index (κ3) is 1050. The highest BCUT2D eigenvalue weighted by Gasteiger charge is 2.15. The summed E-state index contributed by atoms with van der Waals surface area (Å²) >= 11 is 0. The van der Waals surface area contributed by atoms with E-state index >= 15 is 0 Å². The van der Waals surface area contributed by atoms with Crippen molar-refractivity contribution < 1.29 is 13.2 Å². The molecule has 0 N–H and O–H groups in total. The molecule has 0 saturated heterocycles. The molecule has 0 aromatic heterocycles. The SMILES string of the molecule is C.CC.CC(C)(C)C.CC(C)C.CC(F)(F)F.CCC.CCC(C)C.CCC(C)C.CCCC.CCCCC. The first-order valence-corrected chi connectivity index (χ1v) is 16.1. The Bertz CT molecular complexity index is 233. The van der Waals surface area contributed by atoms with E-state index in [0.717, 1.165) is 17.8 Å². The van der Waals surface area contributed by atoms with Gasteiger partial charge in [0.1, 0.15) is 0 Å². The molecule has 0 aliphatic carbocycles. The van der Waals surface area contributed by atoms with E-state index in [1.165, 1.54) is 51.4 Å². The van der Waals surface area contributed by atoms with Crippen molar-refractivity contribution in [1.82, 2.24) is 0 Å². The van der Waals surface area contributed by atoms with Gasteiger partial charge in [-0.2, -0.15) is 13.2 Å². The van der Waals surface area contributed by atoms with Crippen LogP contribution < -0.4 is 0 Å². The Kier molecular flexibility index (Phi) is 106. The highest BCUT2D eigenvalue weighted by molar-refractivity contribution is 4.47. The van der Waals surface area contributed by atoms with Crippen LogP contribution in [0.3, 0.4) is 0 Å². The van der Waals surface area contributed by atoms with E-state index in [1.54, 1.807) is 0 Å². The van der Waals surface area contributed by atoms with Gasteiger partial charge in [0.25, 0.3) is 0 Å². The summed E-state index contributed by atoms with van der Waals surface area (Å²) in [5.41, 5.74) is 0.500. The van der Waals surface area contributed by atoms with Crippen molar-refractivity contribution in [3.05, 3.63) is 0 Å². The van der Waals surface area contributed by atoms with E-state index in [4.69, 9.17) is 0 Å². The molecule has 0 bridgehead atoms. The average molecular weight is 579 g/mol. The fourth-order valence-electron chi connectivity index (χ4n) is 0.354. The molecule has 0 radical (unpaired) electrons. The van der Waals surface area contributed by atoms with Gasteiger partial charge in [-0.15, -0.1) is 0 Å². The fourth-order valence-corrected chi connectivity index (χ4v) is 0.354. The predicted octanol–water partition coefficient (Wildman–Crippen LogP) is 16.5. The van der Waals surface area contributed by atoms with Gasteiger partial charge < -0.3 is 0 Å². The first-order valence-electron chi connectivity index (χ1n) is 16.1. The van der Waals surface area contributed by atoms with Gasteiger partial charge >= 0.3 is 6.18 Å². The van der Waals surface area contributed by atoms with Crippen LogP contribution in [0.5, 0.6) is 0 Å². The standard InChI is InChI=1S/4C5H12.2C4H10.C3H8.C2H3F3.C2H6.CH4/c1-5(2,3)4;2*1-4-5(2)3;1-3-5-4-2;1-4(2)3;1-3-4-2;1-3-2;1-2(3,4)5;1-2;/h1-4H3;2*5H,4H2,1-3H3;3-5H2,1-2H3;4H,1-3H3;3-4H2,1-2H3;3H2,1-2H3;1H3;1-2H3;1H4. The number of alkyl halides is 3. The van der Waals surface area contributed by atoms with Crippen LogP contribution in [-0.4, -0.2) is 6.18 Å². The molecule has 0 aromatic rings. The van der Waals surface area contributed by atoms with Crippen molar-refractivity contribution in [3.8, 4) is 0 Å². The quantitative estimate of drug-likeness (QED) is 0.304. The van der Waals surface area contributed by atoms with Crippen LogP contribution in [0.4, 0.5) is 13.2 Å². The van der Waals surface area contributed by atoms with Crippen molar-refractivity contribution in [1.29, 1.82) is 0 Å². The molecule has 0 aromatic carbocycles. The zero-order valence-corrected chi connectivity index (χ0v) is 31.5. The third-order valence-electron chi connectivity index (χ3n) is 2.84. The van der Waals surface area contributed by atoms with Crippen LogP contribution in [0.15, 0.2) is 0 Å². The molecular formula is C36H89F3. The molecule has 0 heterocycles. The van der Waals surface area contributed by atoms with Gasteiger partial charge in [0.05, 0.1) is 0 Å². The van der Waals surface area contributed by atoms with Gasteiger partial charge in [-0.05, 0) is 23.2 Å². The molecular weight excluding hydrogens is 489 g/mol. The summed E-state index contributed by atoms with van der Waals surface area (Å²) in [5.74, 6) is 2.60. The number of hydrogen-bond acceptors (Lipinski definition) is 0. The van der Waals surface area contributed by atoms with Gasteiger partial charge in [0, 0.05) is 6.92 Å². The van der Waals surface area contributed by atoms with Crippen LogP contribution in [0, 0.1) is 23.2 Å². The van der Waals surface area contributed by atoms with Crippen molar-refractivity contribution in [2.45, 2.75) is 217 Å². The van der Waals surface area contributed by atoms with Crippen molar-refractivity contribution >= 4 is 0 Å². The molecule has 0 aliphatic rings. The van der Waals surface area contributed by atoms with Crippen molar-refractivity contribution in [2.75, 3.05) is 0 Å². The van der Waals surface area contributed by atoms with Gasteiger partial charge in [0.2, 0.25) is 0 Å². The number of unbranched alkanes of at least 4 members (excludes halogenated alkanes) is 3. The maximum Gasteiger partial charge on any atom is 0.386 e. The maximum atomic E-state index is 10.4. The molecule has 3 heteroatoms. The molecule has 0 rings (SSSR count). The summed E-state index contributed by atoms with van der Waals surface area (Å²) < 4.78 is 31.1. The second kappa shape index (κ2) is 61.7. The lowest BCUT2D eigenvalue weighted by Crippen LogP contribution is -1.95. The molecule has 0 unspecified atom stereocenters. The monoisotopic (exact) mass is 579 g/mol. The Morgan fingerprint density at radius 2 is 0.590 bits per heavy atom. The summed E-state index contributed by atoms with van der Waals surface area (Å²) in [6, 6.07) is 0. The minimum atomic E-state index is -4.00. The maximum absolute atomic E-state index is 10.4. The smallest absolute Gasteiger partial charge is 0.172 e. The number of hydrogen-bond donors (Lipinski definition) is 0. The molecule has 0 amide bonds.